The molecule has 0 unspecified atom stereocenters. The molecule has 206 valence electrons. The number of hydrogen-bond acceptors (Lipinski definition) is 8. The van der Waals surface area contributed by atoms with E-state index in [0.29, 0.717) is 50.4 Å². The lowest BCUT2D eigenvalue weighted by atomic mass is 9.93. The first-order valence-corrected chi connectivity index (χ1v) is 11.9. The molecule has 12 heteroatoms. The van der Waals surface area contributed by atoms with E-state index in [2.05, 4.69) is 4.98 Å². The molecule has 0 saturated heterocycles. The second-order valence-electron chi connectivity index (χ2n) is 8.73. The van der Waals surface area contributed by atoms with Crippen molar-refractivity contribution in [3.05, 3.63) is 65.4 Å². The number of aromatic amines is 1. The van der Waals surface area contributed by atoms with Crippen molar-refractivity contribution in [2.75, 3.05) is 27.1 Å². The maximum absolute atomic E-state index is 12.4. The Bertz CT molecular complexity index is 1640. The van der Waals surface area contributed by atoms with Crippen LogP contribution in [0.3, 0.4) is 0 Å². The number of carboxylic acids is 3. The lowest BCUT2D eigenvalue weighted by molar-refractivity contribution is -0.140. The van der Waals surface area contributed by atoms with E-state index in [1.54, 1.807) is 42.5 Å². The number of hydrogen-bond donors (Lipinski definition) is 4. The predicted octanol–water partition coefficient (Wildman–Crippen LogP) is 3.79. The summed E-state index contributed by atoms with van der Waals surface area (Å²) in [7, 11) is 1.46. The molecule has 5 rings (SSSR count). The molecular weight excluding hydrogens is 526 g/mol. The van der Waals surface area contributed by atoms with Gasteiger partial charge in [0.15, 0.2) is 24.7 Å². The van der Waals surface area contributed by atoms with Gasteiger partial charge in [-0.3, -0.25) is 0 Å². The number of benzene rings is 3. The fraction of sp³-hybridized carbons (Fsp3) is 0.179. The van der Waals surface area contributed by atoms with Gasteiger partial charge < -0.3 is 44.0 Å². The zero-order valence-corrected chi connectivity index (χ0v) is 21.1. The van der Waals surface area contributed by atoms with Gasteiger partial charge in [0.2, 0.25) is 6.79 Å². The van der Waals surface area contributed by atoms with Gasteiger partial charge in [-0.25, -0.2) is 14.4 Å². The minimum atomic E-state index is -1.21. The molecule has 0 bridgehead atoms. The predicted molar refractivity (Wildman–Crippen MR) is 139 cm³/mol. The summed E-state index contributed by atoms with van der Waals surface area (Å²) in [5.74, 6) is -1.76. The second kappa shape index (κ2) is 10.8. The van der Waals surface area contributed by atoms with Crippen molar-refractivity contribution in [1.29, 1.82) is 0 Å². The van der Waals surface area contributed by atoms with Crippen molar-refractivity contribution >= 4 is 28.8 Å². The Morgan fingerprint density at radius 3 is 2.30 bits per heavy atom. The molecule has 0 amide bonds. The van der Waals surface area contributed by atoms with E-state index >= 15 is 0 Å². The Morgan fingerprint density at radius 1 is 0.875 bits per heavy atom. The quantitative estimate of drug-likeness (QED) is 0.214. The van der Waals surface area contributed by atoms with Crippen molar-refractivity contribution < 1.29 is 53.4 Å². The second-order valence-corrected chi connectivity index (χ2v) is 8.73. The topological polar surface area (TPSA) is 174 Å². The Labute approximate surface area is 226 Å². The minimum absolute atomic E-state index is 0.0352. The number of ether oxygens (including phenoxy) is 5. The zero-order valence-electron chi connectivity index (χ0n) is 21.1. The number of methoxy groups -OCH3 is 1. The third-order valence-electron chi connectivity index (χ3n) is 6.25. The summed E-state index contributed by atoms with van der Waals surface area (Å²) in [4.78, 5) is 37.9. The SMILES string of the molecule is COc1ccc(Cc2c(OCC(=O)O)ccc3[nH]c(C(=O)O)c(-c4ccc5c(c4)OCO5)c23)c(OCC(=O)O)c1. The smallest absolute Gasteiger partial charge is 0.352 e. The molecular formula is C28H23NO11. The molecule has 0 aliphatic carbocycles. The zero-order chi connectivity index (χ0) is 28.4. The Kier molecular flexibility index (Phi) is 7.06. The van der Waals surface area contributed by atoms with E-state index in [-0.39, 0.29) is 30.4 Å². The fourth-order valence-electron chi connectivity index (χ4n) is 4.56. The first-order valence-electron chi connectivity index (χ1n) is 11.9. The van der Waals surface area contributed by atoms with Crippen LogP contribution in [0.15, 0.2) is 48.5 Å². The number of carboxylic acid groups (broad SMARTS) is 3. The monoisotopic (exact) mass is 549 g/mol. The summed E-state index contributed by atoms with van der Waals surface area (Å²) < 4.78 is 27.3. The van der Waals surface area contributed by atoms with Gasteiger partial charge in [0.05, 0.1) is 7.11 Å². The molecule has 2 heterocycles. The number of carbonyl (C=O) groups is 3. The number of H-pyrrole nitrogens is 1. The molecule has 1 aliphatic heterocycles. The summed E-state index contributed by atoms with van der Waals surface area (Å²) in [5, 5.41) is 29.0. The maximum Gasteiger partial charge on any atom is 0.352 e. The molecule has 0 spiro atoms. The van der Waals surface area contributed by atoms with Gasteiger partial charge >= 0.3 is 17.9 Å². The summed E-state index contributed by atoms with van der Waals surface area (Å²) >= 11 is 0. The van der Waals surface area contributed by atoms with Gasteiger partial charge in [-0.15, -0.1) is 0 Å². The molecule has 0 saturated carbocycles. The van der Waals surface area contributed by atoms with Crippen LogP contribution in [-0.4, -0.2) is 65.3 Å². The summed E-state index contributed by atoms with van der Waals surface area (Å²) in [6, 6.07) is 13.1. The molecule has 4 aromatic rings. The van der Waals surface area contributed by atoms with Crippen molar-refractivity contribution in [2.45, 2.75) is 6.42 Å². The normalized spacial score (nSPS) is 11.8. The van der Waals surface area contributed by atoms with Crippen molar-refractivity contribution in [3.63, 3.8) is 0 Å². The van der Waals surface area contributed by atoms with E-state index < -0.39 is 31.1 Å². The van der Waals surface area contributed by atoms with E-state index in [1.807, 2.05) is 0 Å². The van der Waals surface area contributed by atoms with Gasteiger partial charge in [-0.2, -0.15) is 0 Å². The highest BCUT2D eigenvalue weighted by atomic mass is 16.7. The third kappa shape index (κ3) is 5.14. The first kappa shape index (κ1) is 26.2. The highest BCUT2D eigenvalue weighted by Gasteiger charge is 2.26. The van der Waals surface area contributed by atoms with E-state index in [9.17, 15) is 24.6 Å². The highest BCUT2D eigenvalue weighted by Crippen LogP contribution is 2.43. The maximum atomic E-state index is 12.4. The van der Waals surface area contributed by atoms with Crippen LogP contribution in [0, 0.1) is 0 Å². The lowest BCUT2D eigenvalue weighted by Crippen LogP contribution is -2.12. The number of aromatic nitrogens is 1. The summed E-state index contributed by atoms with van der Waals surface area (Å²) in [6.07, 6.45) is 0.0692. The average Bonchev–Trinajstić information content (AvgIpc) is 3.56. The molecule has 0 radical (unpaired) electrons. The van der Waals surface area contributed by atoms with Gasteiger partial charge in [0.1, 0.15) is 22.9 Å². The third-order valence-corrected chi connectivity index (χ3v) is 6.25. The number of aliphatic carboxylic acids is 2. The van der Waals surface area contributed by atoms with E-state index in [1.165, 1.54) is 13.2 Å². The largest absolute Gasteiger partial charge is 0.497 e. The molecule has 1 aliphatic rings. The summed E-state index contributed by atoms with van der Waals surface area (Å²) in [6.45, 7) is -1.21. The molecule has 12 nitrogen and oxygen atoms in total. The molecule has 40 heavy (non-hydrogen) atoms. The Balaban J connectivity index is 1.73. The molecule has 4 N–H and O–H groups in total. The molecule has 1 aromatic heterocycles. The number of rotatable bonds is 11. The fourth-order valence-corrected chi connectivity index (χ4v) is 4.56. The van der Waals surface area contributed by atoms with Crippen molar-refractivity contribution in [3.8, 4) is 39.9 Å². The lowest BCUT2D eigenvalue weighted by Gasteiger charge is -2.16. The van der Waals surface area contributed by atoms with E-state index in [0.717, 1.165) is 0 Å². The Hall–Kier alpha value is -5.39. The van der Waals surface area contributed by atoms with Crippen LogP contribution < -0.4 is 23.7 Å². The van der Waals surface area contributed by atoms with Gasteiger partial charge in [0.25, 0.3) is 0 Å². The molecule has 0 atom stereocenters. The first-order chi connectivity index (χ1) is 19.2. The van der Waals surface area contributed by atoms with Crippen LogP contribution in [0.25, 0.3) is 22.0 Å². The standard InChI is InChI=1S/C28H23NO11/c1-36-16-4-2-14(21(10-16)38-12-24(32)33)8-17-19(37-11-23(30)31)7-5-18-26(17)25(27(29-18)28(34)35)15-3-6-20-22(9-15)40-13-39-20/h2-7,9-10,29H,8,11-13H2,1H3,(H,30,31)(H,32,33)(H,34,35). The molecule has 3 aromatic carbocycles. The van der Waals surface area contributed by atoms with Crippen LogP contribution in [0.2, 0.25) is 0 Å². The Morgan fingerprint density at radius 2 is 1.60 bits per heavy atom. The van der Waals surface area contributed by atoms with Crippen LogP contribution in [0.4, 0.5) is 0 Å². The minimum Gasteiger partial charge on any atom is -0.497 e. The number of nitrogens with one attached hydrogen (secondary N) is 1. The molecule has 0 fully saturated rings. The van der Waals surface area contributed by atoms with Crippen molar-refractivity contribution in [2.24, 2.45) is 0 Å². The van der Waals surface area contributed by atoms with Gasteiger partial charge in [-0.05, 0) is 41.5 Å². The van der Waals surface area contributed by atoms with Crippen LogP contribution in [-0.2, 0) is 16.0 Å². The van der Waals surface area contributed by atoms with Crippen LogP contribution >= 0.6 is 0 Å². The highest BCUT2D eigenvalue weighted by molar-refractivity contribution is 6.09. The van der Waals surface area contributed by atoms with Gasteiger partial charge in [0, 0.05) is 34.5 Å². The van der Waals surface area contributed by atoms with Gasteiger partial charge in [-0.1, -0.05) is 12.1 Å². The van der Waals surface area contributed by atoms with Crippen molar-refractivity contribution in [1.82, 2.24) is 4.98 Å². The van der Waals surface area contributed by atoms with Crippen LogP contribution in [0.5, 0.6) is 28.7 Å². The average molecular weight is 549 g/mol. The van der Waals surface area contributed by atoms with Crippen LogP contribution in [0.1, 0.15) is 21.6 Å². The van der Waals surface area contributed by atoms with E-state index in [4.69, 9.17) is 28.8 Å². The summed E-state index contributed by atoms with van der Waals surface area (Å²) in [5.41, 5.74) is 2.21. The number of aromatic carboxylic acids is 1. The number of fused-ring (bicyclic) bond motifs is 2.